The van der Waals surface area contributed by atoms with Crippen LogP contribution in [0, 0.1) is 5.82 Å². The lowest BCUT2D eigenvalue weighted by Crippen LogP contribution is -2.42. The van der Waals surface area contributed by atoms with E-state index < -0.39 is 5.60 Å². The number of allylic oxidation sites excluding steroid dienone is 1. The second-order valence-corrected chi connectivity index (χ2v) is 6.18. The molecule has 1 amide bonds. The van der Waals surface area contributed by atoms with Crippen LogP contribution >= 0.6 is 11.8 Å². The van der Waals surface area contributed by atoms with Gasteiger partial charge in [0.1, 0.15) is 5.82 Å². The molecule has 3 nitrogen and oxygen atoms in total. The first-order valence-corrected chi connectivity index (χ1v) is 7.66. The summed E-state index contributed by atoms with van der Waals surface area (Å²) >= 11 is 1.69. The molecule has 1 aromatic rings. The summed E-state index contributed by atoms with van der Waals surface area (Å²) in [4.78, 5) is 11.8. The van der Waals surface area contributed by atoms with Crippen LogP contribution in [0.2, 0.25) is 0 Å². The van der Waals surface area contributed by atoms with Crippen LogP contribution in [-0.4, -0.2) is 34.7 Å². The minimum atomic E-state index is -0.780. The zero-order valence-electron chi connectivity index (χ0n) is 11.4. The molecule has 1 fully saturated rings. The van der Waals surface area contributed by atoms with Gasteiger partial charge in [0.25, 0.3) is 0 Å². The molecule has 5 heteroatoms. The van der Waals surface area contributed by atoms with Crippen LogP contribution in [0.5, 0.6) is 0 Å². The number of carbonyl (C=O) groups is 1. The summed E-state index contributed by atoms with van der Waals surface area (Å²) in [5.74, 6) is 1.05. The largest absolute Gasteiger partial charge is 0.387 e. The van der Waals surface area contributed by atoms with Crippen molar-refractivity contribution in [1.29, 1.82) is 0 Å². The Morgan fingerprint density at radius 2 is 2.20 bits per heavy atom. The molecule has 1 atom stereocenters. The van der Waals surface area contributed by atoms with E-state index in [4.69, 9.17) is 0 Å². The van der Waals surface area contributed by atoms with Gasteiger partial charge in [0.2, 0.25) is 5.91 Å². The smallest absolute Gasteiger partial charge is 0.244 e. The molecule has 0 radical (unpaired) electrons. The van der Waals surface area contributed by atoms with E-state index in [0.29, 0.717) is 12.2 Å². The highest BCUT2D eigenvalue weighted by atomic mass is 32.2. The molecule has 0 saturated carbocycles. The van der Waals surface area contributed by atoms with Crippen molar-refractivity contribution in [1.82, 2.24) is 5.32 Å². The molecule has 1 heterocycles. The van der Waals surface area contributed by atoms with Crippen molar-refractivity contribution >= 4 is 23.2 Å². The molecule has 1 aliphatic rings. The average Bonchev–Trinajstić information content (AvgIpc) is 2.85. The number of amides is 1. The Bertz CT molecular complexity index is 507. The summed E-state index contributed by atoms with van der Waals surface area (Å²) < 4.78 is 12.8. The fourth-order valence-electron chi connectivity index (χ4n) is 2.03. The molecule has 2 N–H and O–H groups in total. The highest BCUT2D eigenvalue weighted by Gasteiger charge is 2.31. The van der Waals surface area contributed by atoms with Crippen LogP contribution in [0.25, 0.3) is 5.57 Å². The van der Waals surface area contributed by atoms with Crippen LogP contribution in [0.3, 0.4) is 0 Å². The third-order valence-electron chi connectivity index (χ3n) is 3.32. The first kappa shape index (κ1) is 15.1. The lowest BCUT2D eigenvalue weighted by molar-refractivity contribution is -0.117. The van der Waals surface area contributed by atoms with Crippen LogP contribution < -0.4 is 5.32 Å². The molecule has 1 aliphatic heterocycles. The third kappa shape index (κ3) is 4.08. The summed E-state index contributed by atoms with van der Waals surface area (Å²) in [5.41, 5.74) is 0.782. The minimum Gasteiger partial charge on any atom is -0.387 e. The van der Waals surface area contributed by atoms with Crippen molar-refractivity contribution in [2.75, 3.05) is 18.1 Å². The fourth-order valence-corrected chi connectivity index (χ4v) is 3.33. The highest BCUT2D eigenvalue weighted by Crippen LogP contribution is 2.26. The van der Waals surface area contributed by atoms with Gasteiger partial charge in [-0.05, 0) is 42.4 Å². The van der Waals surface area contributed by atoms with Crippen LogP contribution in [0.1, 0.15) is 18.9 Å². The fraction of sp³-hybridized carbons (Fsp3) is 0.400. The standard InChI is InChI=1S/C15H18FNO2S/c1-11(12-2-4-13(16)5-3-12)8-14(18)17-9-15(19)6-7-20-10-15/h2-5,8,19H,6-7,9-10H2,1H3,(H,17,18). The number of rotatable bonds is 4. The molecule has 0 aliphatic carbocycles. The summed E-state index contributed by atoms with van der Waals surface area (Å²) in [7, 11) is 0. The van der Waals surface area contributed by atoms with Crippen LogP contribution in [0.15, 0.2) is 30.3 Å². The monoisotopic (exact) mass is 295 g/mol. The third-order valence-corrected chi connectivity index (χ3v) is 4.56. The van der Waals surface area contributed by atoms with Crippen molar-refractivity contribution in [2.24, 2.45) is 0 Å². The van der Waals surface area contributed by atoms with Gasteiger partial charge in [-0.2, -0.15) is 11.8 Å². The van der Waals surface area contributed by atoms with E-state index in [1.807, 2.05) is 0 Å². The minimum absolute atomic E-state index is 0.239. The maximum Gasteiger partial charge on any atom is 0.244 e. The van der Waals surface area contributed by atoms with E-state index in [9.17, 15) is 14.3 Å². The quantitative estimate of drug-likeness (QED) is 0.837. The Morgan fingerprint density at radius 3 is 2.80 bits per heavy atom. The molecule has 20 heavy (non-hydrogen) atoms. The summed E-state index contributed by atoms with van der Waals surface area (Å²) in [5, 5.41) is 12.8. The normalized spacial score (nSPS) is 22.9. The lowest BCUT2D eigenvalue weighted by atomic mass is 10.0. The van der Waals surface area contributed by atoms with Crippen molar-refractivity contribution in [3.8, 4) is 0 Å². The summed E-state index contributed by atoms with van der Waals surface area (Å²) in [6.45, 7) is 2.07. The molecule has 108 valence electrons. The average molecular weight is 295 g/mol. The number of benzene rings is 1. The molecule has 1 saturated heterocycles. The SMILES string of the molecule is CC(=CC(=O)NCC1(O)CCSC1)c1ccc(F)cc1. The van der Waals surface area contributed by atoms with E-state index in [1.165, 1.54) is 18.2 Å². The highest BCUT2D eigenvalue weighted by molar-refractivity contribution is 7.99. The second kappa shape index (κ2) is 6.41. The lowest BCUT2D eigenvalue weighted by Gasteiger charge is -2.21. The van der Waals surface area contributed by atoms with Gasteiger partial charge in [-0.15, -0.1) is 0 Å². The predicted molar refractivity (Wildman–Crippen MR) is 80.0 cm³/mol. The van der Waals surface area contributed by atoms with Crippen LogP contribution in [0.4, 0.5) is 4.39 Å². The predicted octanol–water partition coefficient (Wildman–Crippen LogP) is 2.21. The number of hydrogen-bond donors (Lipinski definition) is 2. The number of halogens is 1. The Hall–Kier alpha value is -1.33. The molecule has 2 rings (SSSR count). The van der Waals surface area contributed by atoms with E-state index in [-0.39, 0.29) is 18.3 Å². The molecule has 0 spiro atoms. The number of carbonyl (C=O) groups excluding carboxylic acids is 1. The van der Waals surface area contributed by atoms with E-state index in [0.717, 1.165) is 16.9 Å². The summed E-state index contributed by atoms with van der Waals surface area (Å²) in [6.07, 6.45) is 2.18. The van der Waals surface area contributed by atoms with Gasteiger partial charge in [0.15, 0.2) is 0 Å². The van der Waals surface area contributed by atoms with Gasteiger partial charge in [0.05, 0.1) is 5.60 Å². The maximum absolute atomic E-state index is 12.8. The van der Waals surface area contributed by atoms with E-state index >= 15 is 0 Å². The zero-order chi connectivity index (χ0) is 14.6. The van der Waals surface area contributed by atoms with Gasteiger partial charge in [-0.25, -0.2) is 4.39 Å². The maximum atomic E-state index is 12.8. The summed E-state index contributed by atoms with van der Waals surface area (Å²) in [6, 6.07) is 6.00. The Balaban J connectivity index is 1.92. The number of thioether (sulfide) groups is 1. The van der Waals surface area contributed by atoms with Crippen molar-refractivity contribution in [2.45, 2.75) is 18.9 Å². The van der Waals surface area contributed by atoms with Gasteiger partial charge in [0, 0.05) is 18.4 Å². The molecule has 1 aromatic carbocycles. The van der Waals surface area contributed by atoms with Crippen molar-refractivity contribution < 1.29 is 14.3 Å². The zero-order valence-corrected chi connectivity index (χ0v) is 12.2. The van der Waals surface area contributed by atoms with Gasteiger partial charge in [-0.3, -0.25) is 4.79 Å². The van der Waals surface area contributed by atoms with Gasteiger partial charge < -0.3 is 10.4 Å². The second-order valence-electron chi connectivity index (χ2n) is 5.08. The van der Waals surface area contributed by atoms with E-state index in [1.54, 1.807) is 30.8 Å². The molecule has 1 unspecified atom stereocenters. The van der Waals surface area contributed by atoms with Crippen LogP contribution in [-0.2, 0) is 4.79 Å². The molecular weight excluding hydrogens is 277 g/mol. The topological polar surface area (TPSA) is 49.3 Å². The number of hydrogen-bond acceptors (Lipinski definition) is 3. The number of nitrogens with one attached hydrogen (secondary N) is 1. The van der Waals surface area contributed by atoms with Gasteiger partial charge >= 0.3 is 0 Å². The Labute approximate surface area is 122 Å². The first-order valence-electron chi connectivity index (χ1n) is 6.51. The van der Waals surface area contributed by atoms with Crippen molar-refractivity contribution in [3.63, 3.8) is 0 Å². The Kier molecular flexibility index (Phi) is 4.83. The molecule has 0 aromatic heterocycles. The number of aliphatic hydroxyl groups is 1. The van der Waals surface area contributed by atoms with Crippen molar-refractivity contribution in [3.05, 3.63) is 41.7 Å². The molecular formula is C15H18FNO2S. The van der Waals surface area contributed by atoms with Gasteiger partial charge in [-0.1, -0.05) is 12.1 Å². The van der Waals surface area contributed by atoms with E-state index in [2.05, 4.69) is 5.32 Å². The Morgan fingerprint density at radius 1 is 1.50 bits per heavy atom. The molecule has 0 bridgehead atoms. The first-order chi connectivity index (χ1) is 9.48.